The van der Waals surface area contributed by atoms with Gasteiger partial charge in [-0.1, -0.05) is 0 Å². The van der Waals surface area contributed by atoms with Crippen LogP contribution in [-0.4, -0.2) is 5.21 Å². The predicted octanol–water partition coefficient (Wildman–Crippen LogP) is 1.79. The molecular formula is C6H9NOS. The number of hydrogen-bond donors (Lipinski definition) is 2. The Hall–Kier alpha value is -0.380. The van der Waals surface area contributed by atoms with Gasteiger partial charge in [-0.3, -0.25) is 0 Å². The van der Waals surface area contributed by atoms with E-state index < -0.39 is 0 Å². The summed E-state index contributed by atoms with van der Waals surface area (Å²) in [5.41, 5.74) is 3.30. The molecule has 1 atom stereocenters. The van der Waals surface area contributed by atoms with Gasteiger partial charge in [0.25, 0.3) is 0 Å². The molecule has 1 heterocycles. The smallest absolute Gasteiger partial charge is 0.0548 e. The van der Waals surface area contributed by atoms with Crippen molar-refractivity contribution in [3.05, 3.63) is 22.4 Å². The minimum atomic E-state index is 0.0521. The van der Waals surface area contributed by atoms with E-state index in [0.29, 0.717) is 0 Å². The van der Waals surface area contributed by atoms with Gasteiger partial charge in [0.05, 0.1) is 6.04 Å². The van der Waals surface area contributed by atoms with Gasteiger partial charge in [0.1, 0.15) is 0 Å². The van der Waals surface area contributed by atoms with Crippen molar-refractivity contribution < 1.29 is 5.21 Å². The third-order valence-corrected chi connectivity index (χ3v) is 1.94. The van der Waals surface area contributed by atoms with Gasteiger partial charge in [-0.25, -0.2) is 0 Å². The molecule has 0 spiro atoms. The molecule has 0 fully saturated rings. The fourth-order valence-corrected chi connectivity index (χ4v) is 1.35. The third-order valence-electron chi connectivity index (χ3n) is 1.24. The van der Waals surface area contributed by atoms with Gasteiger partial charge in [0, 0.05) is 0 Å². The largest absolute Gasteiger partial charge is 0.316 e. The zero-order valence-corrected chi connectivity index (χ0v) is 5.98. The maximum Gasteiger partial charge on any atom is 0.0548 e. The summed E-state index contributed by atoms with van der Waals surface area (Å²) in [5, 5.41) is 12.5. The van der Waals surface area contributed by atoms with Crippen molar-refractivity contribution in [2.45, 2.75) is 13.0 Å². The van der Waals surface area contributed by atoms with Crippen molar-refractivity contribution in [3.8, 4) is 0 Å². The highest BCUT2D eigenvalue weighted by Crippen LogP contribution is 2.14. The van der Waals surface area contributed by atoms with Crippen LogP contribution in [0.25, 0.3) is 0 Å². The monoisotopic (exact) mass is 143 g/mol. The molecule has 2 nitrogen and oxygen atoms in total. The summed E-state index contributed by atoms with van der Waals surface area (Å²) >= 11 is 1.63. The van der Waals surface area contributed by atoms with E-state index in [-0.39, 0.29) is 6.04 Å². The molecule has 0 aliphatic heterocycles. The minimum absolute atomic E-state index is 0.0521. The van der Waals surface area contributed by atoms with Crippen LogP contribution in [-0.2, 0) is 0 Å². The highest BCUT2D eigenvalue weighted by atomic mass is 32.1. The Morgan fingerprint density at radius 2 is 2.56 bits per heavy atom. The Morgan fingerprint density at radius 3 is 3.00 bits per heavy atom. The number of thiophene rings is 1. The molecular weight excluding hydrogens is 134 g/mol. The Labute approximate surface area is 58.1 Å². The first kappa shape index (κ1) is 6.74. The topological polar surface area (TPSA) is 32.3 Å². The molecule has 0 aliphatic rings. The summed E-state index contributed by atoms with van der Waals surface area (Å²) in [5.74, 6) is 0. The number of hydrogen-bond acceptors (Lipinski definition) is 3. The first-order valence-electron chi connectivity index (χ1n) is 2.76. The Morgan fingerprint density at radius 1 is 1.78 bits per heavy atom. The van der Waals surface area contributed by atoms with Crippen LogP contribution in [0.5, 0.6) is 0 Å². The van der Waals surface area contributed by atoms with Gasteiger partial charge >= 0.3 is 0 Å². The minimum Gasteiger partial charge on any atom is -0.316 e. The average molecular weight is 143 g/mol. The molecule has 0 aliphatic carbocycles. The molecule has 3 heteroatoms. The van der Waals surface area contributed by atoms with Gasteiger partial charge in [0.2, 0.25) is 0 Å². The van der Waals surface area contributed by atoms with Crippen molar-refractivity contribution in [2.75, 3.05) is 0 Å². The molecule has 2 N–H and O–H groups in total. The number of hydroxylamine groups is 1. The first-order chi connectivity index (χ1) is 4.34. The van der Waals surface area contributed by atoms with Crippen molar-refractivity contribution in [1.82, 2.24) is 5.48 Å². The summed E-state index contributed by atoms with van der Waals surface area (Å²) in [6, 6.07) is 2.04. The van der Waals surface area contributed by atoms with E-state index in [4.69, 9.17) is 5.21 Å². The number of rotatable bonds is 2. The van der Waals surface area contributed by atoms with Gasteiger partial charge in [-0.15, -0.1) is 0 Å². The zero-order valence-electron chi connectivity index (χ0n) is 5.16. The van der Waals surface area contributed by atoms with E-state index in [1.54, 1.807) is 11.3 Å². The van der Waals surface area contributed by atoms with Gasteiger partial charge in [0.15, 0.2) is 0 Å². The summed E-state index contributed by atoms with van der Waals surface area (Å²) in [6.07, 6.45) is 0. The second-order valence-corrected chi connectivity index (χ2v) is 2.69. The summed E-state index contributed by atoms with van der Waals surface area (Å²) in [4.78, 5) is 0. The van der Waals surface area contributed by atoms with E-state index in [1.807, 2.05) is 23.8 Å². The second-order valence-electron chi connectivity index (χ2n) is 1.91. The van der Waals surface area contributed by atoms with Crippen LogP contribution in [0.1, 0.15) is 18.5 Å². The molecule has 1 aromatic heterocycles. The molecule has 0 saturated heterocycles. The molecule has 1 rings (SSSR count). The van der Waals surface area contributed by atoms with Gasteiger partial charge in [-0.05, 0) is 29.3 Å². The van der Waals surface area contributed by atoms with Crippen LogP contribution in [0.2, 0.25) is 0 Å². The predicted molar refractivity (Wildman–Crippen MR) is 37.7 cm³/mol. The normalized spacial score (nSPS) is 13.6. The highest BCUT2D eigenvalue weighted by Gasteiger charge is 2.00. The first-order valence-corrected chi connectivity index (χ1v) is 3.70. The summed E-state index contributed by atoms with van der Waals surface area (Å²) in [7, 11) is 0. The molecule has 0 aromatic carbocycles. The quantitative estimate of drug-likeness (QED) is 0.618. The molecule has 0 amide bonds. The highest BCUT2D eigenvalue weighted by molar-refractivity contribution is 7.07. The Bertz CT molecular complexity index is 162. The SMILES string of the molecule is CC(NO)c1ccsc1. The third kappa shape index (κ3) is 1.51. The lowest BCUT2D eigenvalue weighted by Gasteiger charge is -2.03. The van der Waals surface area contributed by atoms with Crippen molar-refractivity contribution in [1.29, 1.82) is 0 Å². The van der Waals surface area contributed by atoms with Crippen LogP contribution >= 0.6 is 11.3 Å². The molecule has 0 bridgehead atoms. The van der Waals surface area contributed by atoms with E-state index in [1.165, 1.54) is 0 Å². The maximum absolute atomic E-state index is 8.46. The lowest BCUT2D eigenvalue weighted by Crippen LogP contribution is -2.11. The number of nitrogens with one attached hydrogen (secondary N) is 1. The molecule has 1 aromatic rings. The molecule has 0 saturated carbocycles. The van der Waals surface area contributed by atoms with Crippen LogP contribution in [0.15, 0.2) is 16.8 Å². The average Bonchev–Trinajstić information content (AvgIpc) is 2.37. The molecule has 9 heavy (non-hydrogen) atoms. The van der Waals surface area contributed by atoms with Crippen LogP contribution < -0.4 is 5.48 Å². The Kier molecular flexibility index (Phi) is 2.22. The van der Waals surface area contributed by atoms with Crippen LogP contribution in [0.4, 0.5) is 0 Å². The maximum atomic E-state index is 8.46. The van der Waals surface area contributed by atoms with E-state index in [9.17, 15) is 0 Å². The fourth-order valence-electron chi connectivity index (χ4n) is 0.596. The van der Waals surface area contributed by atoms with E-state index in [0.717, 1.165) is 5.56 Å². The standard InChI is InChI=1S/C6H9NOS/c1-5(7-8)6-2-3-9-4-6/h2-5,7-8H,1H3. The Balaban J connectivity index is 2.65. The summed E-state index contributed by atoms with van der Waals surface area (Å²) < 4.78 is 0. The van der Waals surface area contributed by atoms with Crippen molar-refractivity contribution in [3.63, 3.8) is 0 Å². The molecule has 1 unspecified atom stereocenters. The van der Waals surface area contributed by atoms with Crippen LogP contribution in [0.3, 0.4) is 0 Å². The zero-order chi connectivity index (χ0) is 6.69. The van der Waals surface area contributed by atoms with E-state index in [2.05, 4.69) is 5.48 Å². The molecule has 0 radical (unpaired) electrons. The van der Waals surface area contributed by atoms with E-state index >= 15 is 0 Å². The lowest BCUT2D eigenvalue weighted by molar-refractivity contribution is 0.133. The van der Waals surface area contributed by atoms with Gasteiger partial charge < -0.3 is 5.21 Å². The van der Waals surface area contributed by atoms with Crippen LogP contribution in [0, 0.1) is 0 Å². The summed E-state index contributed by atoms with van der Waals surface area (Å²) in [6.45, 7) is 1.90. The second kappa shape index (κ2) is 2.96. The van der Waals surface area contributed by atoms with Crippen molar-refractivity contribution in [2.24, 2.45) is 0 Å². The fraction of sp³-hybridized carbons (Fsp3) is 0.333. The van der Waals surface area contributed by atoms with Crippen molar-refractivity contribution >= 4 is 11.3 Å². The van der Waals surface area contributed by atoms with Gasteiger partial charge in [-0.2, -0.15) is 16.8 Å². The molecule has 50 valence electrons. The lowest BCUT2D eigenvalue weighted by atomic mass is 10.2.